The highest BCUT2D eigenvalue weighted by Gasteiger charge is 2.18. The van der Waals surface area contributed by atoms with Crippen LogP contribution in [-0.2, 0) is 17.8 Å². The van der Waals surface area contributed by atoms with E-state index in [0.29, 0.717) is 38.1 Å². The number of rotatable bonds is 8. The molecule has 1 aliphatic rings. The molecule has 1 aliphatic heterocycles. The largest absolute Gasteiger partial charge is 0.488 e. The fraction of sp³-hybridized carbons (Fsp3) is 0.455. The number of ether oxygens (including phenoxy) is 3. The Bertz CT molecular complexity index is 819. The zero-order valence-corrected chi connectivity index (χ0v) is 17.4. The molecule has 0 spiro atoms. The van der Waals surface area contributed by atoms with Gasteiger partial charge in [0.15, 0.2) is 5.96 Å². The van der Waals surface area contributed by atoms with Crippen molar-refractivity contribution in [3.63, 3.8) is 0 Å². The fourth-order valence-corrected chi connectivity index (χ4v) is 3.11. The van der Waals surface area contributed by atoms with Crippen LogP contribution in [0.15, 0.2) is 41.5 Å². The summed E-state index contributed by atoms with van der Waals surface area (Å²) in [5, 5.41) is 6.68. The van der Waals surface area contributed by atoms with Gasteiger partial charge >= 0.3 is 0 Å². The lowest BCUT2D eigenvalue weighted by Gasteiger charge is -2.18. The van der Waals surface area contributed by atoms with Gasteiger partial charge in [0.25, 0.3) is 0 Å². The Balaban J connectivity index is 1.59. The van der Waals surface area contributed by atoms with Crippen LogP contribution in [0.2, 0.25) is 0 Å². The smallest absolute Gasteiger partial charge is 0.218 e. The Morgan fingerprint density at radius 1 is 1.24 bits per heavy atom. The lowest BCUT2D eigenvalue weighted by atomic mass is 10.1. The summed E-state index contributed by atoms with van der Waals surface area (Å²) in [6.07, 6.45) is 2.78. The Labute approximate surface area is 172 Å². The summed E-state index contributed by atoms with van der Waals surface area (Å²) in [4.78, 5) is 8.60. The third-order valence-corrected chi connectivity index (χ3v) is 4.65. The van der Waals surface area contributed by atoms with Crippen molar-refractivity contribution in [2.24, 2.45) is 4.99 Å². The topological polar surface area (TPSA) is 77.0 Å². The second-order valence-electron chi connectivity index (χ2n) is 6.89. The summed E-state index contributed by atoms with van der Waals surface area (Å²) in [6.45, 7) is 7.19. The minimum atomic E-state index is 0.121. The third kappa shape index (κ3) is 6.09. The predicted octanol–water partition coefficient (Wildman–Crippen LogP) is 2.82. The first-order chi connectivity index (χ1) is 14.2. The Kier molecular flexibility index (Phi) is 7.69. The van der Waals surface area contributed by atoms with Crippen molar-refractivity contribution in [1.29, 1.82) is 0 Å². The molecule has 7 heteroatoms. The van der Waals surface area contributed by atoms with Gasteiger partial charge in [0.2, 0.25) is 5.88 Å². The Hall–Kier alpha value is -2.80. The maximum absolute atomic E-state index is 6.18. The predicted molar refractivity (Wildman–Crippen MR) is 113 cm³/mol. The van der Waals surface area contributed by atoms with Crippen molar-refractivity contribution in [3.05, 3.63) is 53.2 Å². The SMILES string of the molecule is CCOc1ncccc1CNC(=NC)NCc1ccc(C)cc1OC1CCOC1. The summed E-state index contributed by atoms with van der Waals surface area (Å²) >= 11 is 0. The number of aromatic nitrogens is 1. The highest BCUT2D eigenvalue weighted by atomic mass is 16.5. The van der Waals surface area contributed by atoms with Gasteiger partial charge in [-0.05, 0) is 31.5 Å². The van der Waals surface area contributed by atoms with Gasteiger partial charge in [0.1, 0.15) is 11.9 Å². The van der Waals surface area contributed by atoms with Crippen LogP contribution in [0, 0.1) is 6.92 Å². The highest BCUT2D eigenvalue weighted by molar-refractivity contribution is 5.79. The molecule has 0 radical (unpaired) electrons. The molecular formula is C22H30N4O3. The third-order valence-electron chi connectivity index (χ3n) is 4.65. The van der Waals surface area contributed by atoms with E-state index in [0.717, 1.165) is 29.9 Å². The van der Waals surface area contributed by atoms with Gasteiger partial charge < -0.3 is 24.8 Å². The van der Waals surface area contributed by atoms with Crippen molar-refractivity contribution in [1.82, 2.24) is 15.6 Å². The first-order valence-electron chi connectivity index (χ1n) is 10.0. The minimum Gasteiger partial charge on any atom is -0.488 e. The van der Waals surface area contributed by atoms with E-state index in [4.69, 9.17) is 14.2 Å². The molecule has 7 nitrogen and oxygen atoms in total. The van der Waals surface area contributed by atoms with E-state index in [1.165, 1.54) is 5.56 Å². The molecule has 29 heavy (non-hydrogen) atoms. The van der Waals surface area contributed by atoms with Crippen LogP contribution < -0.4 is 20.1 Å². The van der Waals surface area contributed by atoms with Crippen LogP contribution in [0.1, 0.15) is 30.0 Å². The van der Waals surface area contributed by atoms with Crippen molar-refractivity contribution in [3.8, 4) is 11.6 Å². The molecular weight excluding hydrogens is 368 g/mol. The lowest BCUT2D eigenvalue weighted by molar-refractivity contribution is 0.140. The summed E-state index contributed by atoms with van der Waals surface area (Å²) < 4.78 is 17.2. The van der Waals surface area contributed by atoms with Crippen molar-refractivity contribution in [2.45, 2.75) is 39.5 Å². The summed E-state index contributed by atoms with van der Waals surface area (Å²) in [5.41, 5.74) is 3.24. The molecule has 156 valence electrons. The van der Waals surface area contributed by atoms with Crippen LogP contribution in [0.25, 0.3) is 0 Å². The van der Waals surface area contributed by atoms with Gasteiger partial charge in [-0.2, -0.15) is 0 Å². The number of nitrogens with zero attached hydrogens (tertiary/aromatic N) is 2. The van der Waals surface area contributed by atoms with E-state index in [9.17, 15) is 0 Å². The average molecular weight is 399 g/mol. The number of aryl methyl sites for hydroxylation is 1. The summed E-state index contributed by atoms with van der Waals surface area (Å²) in [7, 11) is 1.75. The van der Waals surface area contributed by atoms with Crippen LogP contribution in [0.3, 0.4) is 0 Å². The molecule has 1 unspecified atom stereocenters. The van der Waals surface area contributed by atoms with Crippen molar-refractivity contribution < 1.29 is 14.2 Å². The zero-order valence-electron chi connectivity index (χ0n) is 17.4. The van der Waals surface area contributed by atoms with Gasteiger partial charge in [-0.25, -0.2) is 4.98 Å². The van der Waals surface area contributed by atoms with Crippen molar-refractivity contribution in [2.75, 3.05) is 26.9 Å². The Morgan fingerprint density at radius 3 is 2.79 bits per heavy atom. The quantitative estimate of drug-likeness (QED) is 0.526. The van der Waals surface area contributed by atoms with Gasteiger partial charge in [0.05, 0.1) is 19.8 Å². The maximum atomic E-state index is 6.18. The van der Waals surface area contributed by atoms with E-state index >= 15 is 0 Å². The van der Waals surface area contributed by atoms with Gasteiger partial charge in [-0.15, -0.1) is 0 Å². The Morgan fingerprint density at radius 2 is 2.07 bits per heavy atom. The summed E-state index contributed by atoms with van der Waals surface area (Å²) in [5.74, 6) is 2.24. The fourth-order valence-electron chi connectivity index (χ4n) is 3.11. The van der Waals surface area contributed by atoms with E-state index in [1.54, 1.807) is 13.2 Å². The van der Waals surface area contributed by atoms with Gasteiger partial charge in [0, 0.05) is 43.9 Å². The zero-order chi connectivity index (χ0) is 20.5. The molecule has 2 aromatic rings. The molecule has 1 aromatic carbocycles. The molecule has 2 heterocycles. The van der Waals surface area contributed by atoms with E-state index in [1.807, 2.05) is 19.1 Å². The van der Waals surface area contributed by atoms with Crippen LogP contribution >= 0.6 is 0 Å². The standard InChI is InChI=1S/C22H30N4O3/c1-4-28-21-18(6-5-10-24-21)14-26-22(23-3)25-13-17-8-7-16(2)12-20(17)29-19-9-11-27-15-19/h5-8,10,12,19H,4,9,11,13-15H2,1-3H3,(H2,23,25,26). The molecule has 0 amide bonds. The number of nitrogens with one attached hydrogen (secondary N) is 2. The van der Waals surface area contributed by atoms with Crippen molar-refractivity contribution >= 4 is 5.96 Å². The lowest BCUT2D eigenvalue weighted by Crippen LogP contribution is -2.36. The van der Waals surface area contributed by atoms with Gasteiger partial charge in [-0.1, -0.05) is 18.2 Å². The molecule has 1 aromatic heterocycles. The molecule has 1 atom stereocenters. The second-order valence-corrected chi connectivity index (χ2v) is 6.89. The molecule has 1 saturated heterocycles. The summed E-state index contributed by atoms with van der Waals surface area (Å²) in [6, 6.07) is 10.2. The number of aliphatic imine (C=N–C) groups is 1. The number of pyridine rings is 1. The monoisotopic (exact) mass is 398 g/mol. The molecule has 2 N–H and O–H groups in total. The molecule has 1 fully saturated rings. The normalized spacial score (nSPS) is 16.5. The first-order valence-corrected chi connectivity index (χ1v) is 10.0. The van der Waals surface area contributed by atoms with E-state index in [-0.39, 0.29) is 6.10 Å². The highest BCUT2D eigenvalue weighted by Crippen LogP contribution is 2.23. The average Bonchev–Trinajstić information content (AvgIpc) is 3.24. The molecule has 0 bridgehead atoms. The first kappa shape index (κ1) is 20.9. The molecule has 0 saturated carbocycles. The number of hydrogen-bond donors (Lipinski definition) is 2. The van der Waals surface area contributed by atoms with E-state index in [2.05, 4.69) is 45.7 Å². The maximum Gasteiger partial charge on any atom is 0.218 e. The van der Waals surface area contributed by atoms with Gasteiger partial charge in [-0.3, -0.25) is 4.99 Å². The van der Waals surface area contributed by atoms with E-state index < -0.39 is 0 Å². The van der Waals surface area contributed by atoms with Crippen LogP contribution in [0.5, 0.6) is 11.6 Å². The number of guanidine groups is 1. The minimum absolute atomic E-state index is 0.121. The molecule has 3 rings (SSSR count). The molecule has 0 aliphatic carbocycles. The van der Waals surface area contributed by atoms with Crippen LogP contribution in [-0.4, -0.2) is 43.9 Å². The number of hydrogen-bond acceptors (Lipinski definition) is 5. The number of benzene rings is 1. The van der Waals surface area contributed by atoms with Crippen LogP contribution in [0.4, 0.5) is 0 Å². The second kappa shape index (κ2) is 10.7.